The molecule has 0 fully saturated rings. The summed E-state index contributed by atoms with van der Waals surface area (Å²) in [5, 5.41) is 0. The first kappa shape index (κ1) is 8.59. The van der Waals surface area contributed by atoms with Crippen LogP contribution in [0.15, 0.2) is 24.3 Å². The first-order valence-electron chi connectivity index (χ1n) is 3.79. The van der Waals surface area contributed by atoms with Crippen LogP contribution < -0.4 is 10.6 Å². The Kier molecular flexibility index (Phi) is 2.69. The van der Waals surface area contributed by atoms with Crippen molar-refractivity contribution < 1.29 is 4.79 Å². The summed E-state index contributed by atoms with van der Waals surface area (Å²) < 4.78 is 0. The van der Waals surface area contributed by atoms with Crippen molar-refractivity contribution >= 4 is 11.7 Å². The van der Waals surface area contributed by atoms with Crippen LogP contribution in [0.4, 0.5) is 10.5 Å². The maximum Gasteiger partial charge on any atom is 0.319 e. The van der Waals surface area contributed by atoms with Gasteiger partial charge in [-0.1, -0.05) is 18.2 Å². The van der Waals surface area contributed by atoms with Gasteiger partial charge in [0.05, 0.1) is 5.69 Å². The van der Waals surface area contributed by atoms with Crippen molar-refractivity contribution in [1.82, 2.24) is 0 Å². The third-order valence-electron chi connectivity index (χ3n) is 1.57. The molecule has 3 nitrogen and oxygen atoms in total. The summed E-state index contributed by atoms with van der Waals surface area (Å²) in [5.41, 5.74) is 5.86. The SMILES string of the molecule is CCN(C(N)=O)c1[c]cccc1. The van der Waals surface area contributed by atoms with E-state index >= 15 is 0 Å². The first-order valence-corrected chi connectivity index (χ1v) is 3.79. The second kappa shape index (κ2) is 3.76. The van der Waals surface area contributed by atoms with E-state index in [4.69, 9.17) is 5.73 Å². The molecular formula is C9H11N2O. The zero-order valence-corrected chi connectivity index (χ0v) is 6.95. The van der Waals surface area contributed by atoms with Gasteiger partial charge >= 0.3 is 6.03 Å². The van der Waals surface area contributed by atoms with E-state index in [0.29, 0.717) is 12.2 Å². The number of nitrogens with two attached hydrogens (primary N) is 1. The summed E-state index contributed by atoms with van der Waals surface area (Å²) in [6.45, 7) is 2.43. The largest absolute Gasteiger partial charge is 0.351 e. The number of amides is 2. The van der Waals surface area contributed by atoms with Gasteiger partial charge in [0.1, 0.15) is 0 Å². The lowest BCUT2D eigenvalue weighted by atomic mass is 10.3. The van der Waals surface area contributed by atoms with Crippen LogP contribution in [-0.2, 0) is 0 Å². The van der Waals surface area contributed by atoms with Gasteiger partial charge in [0.15, 0.2) is 0 Å². The Morgan fingerprint density at radius 1 is 1.67 bits per heavy atom. The molecule has 0 saturated carbocycles. The lowest BCUT2D eigenvalue weighted by molar-refractivity contribution is 0.254. The minimum atomic E-state index is -0.444. The van der Waals surface area contributed by atoms with E-state index in [2.05, 4.69) is 6.07 Å². The van der Waals surface area contributed by atoms with Crippen LogP contribution in [0.3, 0.4) is 0 Å². The van der Waals surface area contributed by atoms with Crippen LogP contribution in [0.1, 0.15) is 6.92 Å². The molecule has 0 aliphatic heterocycles. The molecule has 2 N–H and O–H groups in total. The molecule has 63 valence electrons. The normalized spacial score (nSPS) is 9.42. The molecule has 0 spiro atoms. The summed E-state index contributed by atoms with van der Waals surface area (Å²) in [7, 11) is 0. The van der Waals surface area contributed by atoms with Crippen LogP contribution in [0, 0.1) is 6.07 Å². The summed E-state index contributed by atoms with van der Waals surface area (Å²) in [6.07, 6.45) is 0. The molecular weight excluding hydrogens is 152 g/mol. The van der Waals surface area contributed by atoms with Crippen molar-refractivity contribution in [3.05, 3.63) is 30.3 Å². The minimum Gasteiger partial charge on any atom is -0.351 e. The topological polar surface area (TPSA) is 46.3 Å². The fourth-order valence-electron chi connectivity index (χ4n) is 0.997. The van der Waals surface area contributed by atoms with E-state index in [1.54, 1.807) is 12.1 Å². The Hall–Kier alpha value is -1.51. The van der Waals surface area contributed by atoms with E-state index in [9.17, 15) is 4.79 Å². The Morgan fingerprint density at radius 3 is 2.83 bits per heavy atom. The van der Waals surface area contributed by atoms with E-state index in [1.165, 1.54) is 4.90 Å². The lowest BCUT2D eigenvalue weighted by Crippen LogP contribution is -2.35. The summed E-state index contributed by atoms with van der Waals surface area (Å²) in [6, 6.07) is 9.72. The second-order valence-electron chi connectivity index (χ2n) is 2.33. The highest BCUT2D eigenvalue weighted by Gasteiger charge is 2.07. The molecule has 3 heteroatoms. The molecule has 1 aromatic rings. The van der Waals surface area contributed by atoms with Crippen LogP contribution in [0.25, 0.3) is 0 Å². The Morgan fingerprint density at radius 2 is 2.42 bits per heavy atom. The molecule has 0 aromatic heterocycles. The van der Waals surface area contributed by atoms with Crippen LogP contribution in [0.5, 0.6) is 0 Å². The molecule has 2 amide bonds. The maximum atomic E-state index is 10.9. The molecule has 0 atom stereocenters. The molecule has 0 saturated heterocycles. The Balaban J connectivity index is 2.88. The zero-order valence-electron chi connectivity index (χ0n) is 6.95. The number of para-hydroxylation sites is 1. The van der Waals surface area contributed by atoms with Gasteiger partial charge in [-0.3, -0.25) is 4.90 Å². The van der Waals surface area contributed by atoms with Crippen molar-refractivity contribution in [1.29, 1.82) is 0 Å². The second-order valence-corrected chi connectivity index (χ2v) is 2.33. The van der Waals surface area contributed by atoms with Gasteiger partial charge in [-0.15, -0.1) is 0 Å². The smallest absolute Gasteiger partial charge is 0.319 e. The highest BCUT2D eigenvalue weighted by Crippen LogP contribution is 2.10. The van der Waals surface area contributed by atoms with Gasteiger partial charge in [0.25, 0.3) is 0 Å². The quantitative estimate of drug-likeness (QED) is 0.703. The molecule has 1 rings (SSSR count). The standard InChI is InChI=1S/C9H11N2O/c1-2-11(9(10)12)8-6-4-3-5-7-8/h3-6H,2H2,1H3,(H2,10,12). The number of hydrogen-bond acceptors (Lipinski definition) is 1. The highest BCUT2D eigenvalue weighted by molar-refractivity contribution is 5.90. The van der Waals surface area contributed by atoms with E-state index in [1.807, 2.05) is 19.1 Å². The van der Waals surface area contributed by atoms with Crippen LogP contribution >= 0.6 is 0 Å². The Bertz CT molecular complexity index is 258. The van der Waals surface area contributed by atoms with Gasteiger partial charge in [0.2, 0.25) is 0 Å². The minimum absolute atomic E-state index is 0.444. The molecule has 12 heavy (non-hydrogen) atoms. The molecule has 0 aliphatic carbocycles. The molecule has 1 aromatic carbocycles. The van der Waals surface area contributed by atoms with Crippen molar-refractivity contribution in [2.24, 2.45) is 5.73 Å². The van der Waals surface area contributed by atoms with Crippen LogP contribution in [-0.4, -0.2) is 12.6 Å². The zero-order chi connectivity index (χ0) is 8.97. The van der Waals surface area contributed by atoms with Gasteiger partial charge in [-0.25, -0.2) is 4.79 Å². The molecule has 0 aliphatic rings. The van der Waals surface area contributed by atoms with E-state index in [0.717, 1.165) is 0 Å². The van der Waals surface area contributed by atoms with Gasteiger partial charge in [-0.05, 0) is 13.0 Å². The number of primary amides is 1. The highest BCUT2D eigenvalue weighted by atomic mass is 16.2. The molecule has 1 radical (unpaired) electrons. The molecule has 0 bridgehead atoms. The third-order valence-corrected chi connectivity index (χ3v) is 1.57. The summed E-state index contributed by atoms with van der Waals surface area (Å²) in [5.74, 6) is 0. The number of benzene rings is 1. The van der Waals surface area contributed by atoms with Crippen LogP contribution in [0.2, 0.25) is 0 Å². The number of anilines is 1. The first-order chi connectivity index (χ1) is 5.75. The van der Waals surface area contributed by atoms with Crippen molar-refractivity contribution in [2.45, 2.75) is 6.92 Å². The monoisotopic (exact) mass is 163 g/mol. The number of nitrogens with zero attached hydrogens (tertiary/aromatic N) is 1. The van der Waals surface area contributed by atoms with Gasteiger partial charge in [-0.2, -0.15) is 0 Å². The van der Waals surface area contributed by atoms with E-state index < -0.39 is 6.03 Å². The molecule has 0 heterocycles. The Labute approximate surface area is 71.8 Å². The number of hydrogen-bond donors (Lipinski definition) is 1. The number of rotatable bonds is 2. The average Bonchev–Trinajstić information content (AvgIpc) is 2.07. The van der Waals surface area contributed by atoms with Gasteiger partial charge < -0.3 is 5.73 Å². The van der Waals surface area contributed by atoms with Gasteiger partial charge in [0, 0.05) is 12.6 Å². The fourth-order valence-corrected chi connectivity index (χ4v) is 0.997. The predicted octanol–water partition coefficient (Wildman–Crippen LogP) is 1.39. The molecule has 0 unspecified atom stereocenters. The van der Waals surface area contributed by atoms with E-state index in [-0.39, 0.29) is 0 Å². The number of carbonyl (C=O) groups is 1. The summed E-state index contributed by atoms with van der Waals surface area (Å²) >= 11 is 0. The predicted molar refractivity (Wildman–Crippen MR) is 47.9 cm³/mol. The van der Waals surface area contributed by atoms with Crippen molar-refractivity contribution in [3.8, 4) is 0 Å². The number of urea groups is 1. The average molecular weight is 163 g/mol. The maximum absolute atomic E-state index is 10.9. The third kappa shape index (κ3) is 1.75. The summed E-state index contributed by atoms with van der Waals surface area (Å²) in [4.78, 5) is 12.3. The lowest BCUT2D eigenvalue weighted by Gasteiger charge is -2.17. The fraction of sp³-hybridized carbons (Fsp3) is 0.222. The number of carbonyl (C=O) groups excluding carboxylic acids is 1. The van der Waals surface area contributed by atoms with Crippen molar-refractivity contribution in [2.75, 3.05) is 11.4 Å². The van der Waals surface area contributed by atoms with Crippen molar-refractivity contribution in [3.63, 3.8) is 0 Å².